The maximum atomic E-state index is 13.0. The molecule has 0 saturated heterocycles. The average Bonchev–Trinajstić information content (AvgIpc) is 2.63. The Kier molecular flexibility index (Phi) is 3.13. The van der Waals surface area contributed by atoms with Crippen LogP contribution >= 0.6 is 22.9 Å². The number of rotatable bonds is 3. The third-order valence-corrected chi connectivity index (χ3v) is 2.94. The zero-order chi connectivity index (χ0) is 10.7. The third kappa shape index (κ3) is 2.64. The zero-order valence-electron chi connectivity index (χ0n) is 7.58. The van der Waals surface area contributed by atoms with Crippen LogP contribution in [0.4, 0.5) is 10.2 Å². The lowest BCUT2D eigenvalue weighted by Gasteiger charge is -2.02. The van der Waals surface area contributed by atoms with Gasteiger partial charge in [0, 0.05) is 17.3 Å². The topological polar surface area (TPSA) is 37.8 Å². The van der Waals surface area contributed by atoms with Crippen molar-refractivity contribution in [2.45, 2.75) is 6.54 Å². The van der Waals surface area contributed by atoms with Gasteiger partial charge in [-0.1, -0.05) is 11.6 Å². The van der Waals surface area contributed by atoms with Crippen LogP contribution in [0.2, 0.25) is 4.34 Å². The molecule has 1 N–H and O–H groups in total. The molecule has 2 heterocycles. The summed E-state index contributed by atoms with van der Waals surface area (Å²) in [5.74, 6) is -0.442. The van der Waals surface area contributed by atoms with Crippen molar-refractivity contribution in [1.29, 1.82) is 0 Å². The van der Waals surface area contributed by atoms with E-state index in [-0.39, 0.29) is 5.82 Å². The maximum absolute atomic E-state index is 13.0. The van der Waals surface area contributed by atoms with E-state index in [9.17, 15) is 4.39 Å². The molecular formula is C9H7ClFN3S. The molecule has 3 nitrogen and oxygen atoms in total. The van der Waals surface area contributed by atoms with Crippen LogP contribution in [0.25, 0.3) is 0 Å². The van der Waals surface area contributed by atoms with E-state index >= 15 is 0 Å². The van der Waals surface area contributed by atoms with Gasteiger partial charge in [0.25, 0.3) is 5.95 Å². The van der Waals surface area contributed by atoms with Crippen LogP contribution in [0.3, 0.4) is 0 Å². The van der Waals surface area contributed by atoms with Crippen molar-refractivity contribution >= 4 is 28.8 Å². The largest absolute Gasteiger partial charge is 0.361 e. The van der Waals surface area contributed by atoms with Crippen molar-refractivity contribution < 1.29 is 4.39 Å². The van der Waals surface area contributed by atoms with Gasteiger partial charge in [-0.25, -0.2) is 9.97 Å². The maximum Gasteiger partial charge on any atom is 0.255 e. The number of nitrogens with zero attached hydrogens (tertiary/aromatic N) is 2. The van der Waals surface area contributed by atoms with Crippen molar-refractivity contribution in [3.63, 3.8) is 0 Å². The summed E-state index contributed by atoms with van der Waals surface area (Å²) in [6, 6.07) is 3.69. The molecule has 0 bridgehead atoms. The van der Waals surface area contributed by atoms with Gasteiger partial charge in [0.1, 0.15) is 0 Å². The highest BCUT2D eigenvalue weighted by Gasteiger charge is 2.03. The smallest absolute Gasteiger partial charge is 0.255 e. The summed E-state index contributed by atoms with van der Waals surface area (Å²) in [7, 11) is 0. The first-order valence-corrected chi connectivity index (χ1v) is 5.40. The van der Waals surface area contributed by atoms with Gasteiger partial charge < -0.3 is 5.32 Å². The molecule has 0 saturated carbocycles. The number of hydrogen-bond donors (Lipinski definition) is 1. The van der Waals surface area contributed by atoms with Crippen molar-refractivity contribution in [2.75, 3.05) is 5.32 Å². The number of nitrogens with one attached hydrogen (secondary N) is 1. The molecule has 0 fully saturated rings. The number of halogens is 2. The highest BCUT2D eigenvalue weighted by molar-refractivity contribution is 7.16. The van der Waals surface area contributed by atoms with E-state index in [1.165, 1.54) is 23.7 Å². The molecule has 0 radical (unpaired) electrons. The van der Waals surface area contributed by atoms with Crippen molar-refractivity contribution in [2.24, 2.45) is 0 Å². The summed E-state index contributed by atoms with van der Waals surface area (Å²) < 4.78 is 13.8. The van der Waals surface area contributed by atoms with Crippen LogP contribution < -0.4 is 5.32 Å². The molecule has 0 aliphatic carbocycles. The highest BCUT2D eigenvalue weighted by atomic mass is 35.5. The van der Waals surface area contributed by atoms with Gasteiger partial charge in [0.05, 0.1) is 10.9 Å². The SMILES string of the molecule is Fc1nccnc1NCc1ccc(Cl)s1. The molecule has 0 aliphatic rings. The summed E-state index contributed by atoms with van der Waals surface area (Å²) in [6.45, 7) is 0.493. The first-order valence-electron chi connectivity index (χ1n) is 4.20. The Labute approximate surface area is 95.0 Å². The Morgan fingerprint density at radius 2 is 2.13 bits per heavy atom. The lowest BCUT2D eigenvalue weighted by Crippen LogP contribution is -2.03. The van der Waals surface area contributed by atoms with Crippen molar-refractivity contribution in [1.82, 2.24) is 9.97 Å². The zero-order valence-corrected chi connectivity index (χ0v) is 9.15. The molecule has 78 valence electrons. The first-order chi connectivity index (χ1) is 7.25. The van der Waals surface area contributed by atoms with Crippen LogP contribution in [-0.2, 0) is 6.54 Å². The Morgan fingerprint density at radius 1 is 1.33 bits per heavy atom. The molecule has 0 aliphatic heterocycles. The molecule has 0 atom stereocenters. The minimum absolute atomic E-state index is 0.155. The average molecular weight is 244 g/mol. The monoisotopic (exact) mass is 243 g/mol. The fourth-order valence-electron chi connectivity index (χ4n) is 1.06. The van der Waals surface area contributed by atoms with E-state index in [4.69, 9.17) is 11.6 Å². The summed E-state index contributed by atoms with van der Waals surface area (Å²) in [6.07, 6.45) is 2.75. The van der Waals surface area contributed by atoms with Gasteiger partial charge in [0.15, 0.2) is 5.82 Å². The lowest BCUT2D eigenvalue weighted by molar-refractivity contribution is 0.580. The minimum atomic E-state index is -0.597. The van der Waals surface area contributed by atoms with Gasteiger partial charge >= 0.3 is 0 Å². The van der Waals surface area contributed by atoms with E-state index in [0.29, 0.717) is 10.9 Å². The lowest BCUT2D eigenvalue weighted by atomic mass is 10.4. The van der Waals surface area contributed by atoms with Crippen LogP contribution in [0, 0.1) is 5.95 Å². The molecule has 0 amide bonds. The molecule has 15 heavy (non-hydrogen) atoms. The number of aromatic nitrogens is 2. The van der Waals surface area contributed by atoms with Crippen LogP contribution in [0.15, 0.2) is 24.5 Å². The van der Waals surface area contributed by atoms with Gasteiger partial charge in [-0.2, -0.15) is 4.39 Å². The Balaban J connectivity index is 2.02. The second kappa shape index (κ2) is 4.55. The minimum Gasteiger partial charge on any atom is -0.361 e. The predicted octanol–water partition coefficient (Wildman–Crippen LogP) is 2.94. The van der Waals surface area contributed by atoms with Crippen molar-refractivity contribution in [3.05, 3.63) is 39.7 Å². The fraction of sp³-hybridized carbons (Fsp3) is 0.111. The summed E-state index contributed by atoms with van der Waals surface area (Å²) in [5.41, 5.74) is 0. The normalized spacial score (nSPS) is 10.3. The number of anilines is 1. The molecule has 2 aromatic rings. The Morgan fingerprint density at radius 3 is 2.80 bits per heavy atom. The molecule has 0 unspecified atom stereocenters. The van der Waals surface area contributed by atoms with Crippen LogP contribution in [0.5, 0.6) is 0 Å². The molecule has 2 aromatic heterocycles. The van der Waals surface area contributed by atoms with E-state index < -0.39 is 5.95 Å². The summed E-state index contributed by atoms with van der Waals surface area (Å²) >= 11 is 7.21. The number of hydrogen-bond acceptors (Lipinski definition) is 4. The van der Waals surface area contributed by atoms with E-state index in [2.05, 4.69) is 15.3 Å². The fourth-order valence-corrected chi connectivity index (χ4v) is 2.08. The van der Waals surface area contributed by atoms with E-state index in [1.807, 2.05) is 6.07 Å². The second-order valence-electron chi connectivity index (χ2n) is 2.76. The van der Waals surface area contributed by atoms with Crippen LogP contribution in [-0.4, -0.2) is 9.97 Å². The molecule has 2 rings (SSSR count). The third-order valence-electron chi connectivity index (χ3n) is 1.71. The molecular weight excluding hydrogens is 237 g/mol. The predicted molar refractivity (Wildman–Crippen MR) is 58.6 cm³/mol. The molecule has 0 aromatic carbocycles. The highest BCUT2D eigenvalue weighted by Crippen LogP contribution is 2.22. The first kappa shape index (κ1) is 10.3. The summed E-state index contributed by atoms with van der Waals surface area (Å²) in [5, 5.41) is 2.85. The van der Waals surface area contributed by atoms with Gasteiger partial charge in [-0.3, -0.25) is 0 Å². The van der Waals surface area contributed by atoms with Crippen molar-refractivity contribution in [3.8, 4) is 0 Å². The Bertz CT molecular complexity index is 460. The molecule has 0 spiro atoms. The summed E-state index contributed by atoms with van der Waals surface area (Å²) in [4.78, 5) is 8.32. The van der Waals surface area contributed by atoms with Gasteiger partial charge in [-0.05, 0) is 12.1 Å². The second-order valence-corrected chi connectivity index (χ2v) is 4.55. The van der Waals surface area contributed by atoms with Gasteiger partial charge in [0.2, 0.25) is 0 Å². The van der Waals surface area contributed by atoms with E-state index in [1.54, 1.807) is 6.07 Å². The van der Waals surface area contributed by atoms with Crippen LogP contribution in [0.1, 0.15) is 4.88 Å². The standard InChI is InChI=1S/C9H7ClFN3S/c10-7-2-1-6(15-7)5-14-9-8(11)12-3-4-13-9/h1-4H,5H2,(H,13,14). The molecule has 6 heteroatoms. The Hall–Kier alpha value is -1.20. The van der Waals surface area contributed by atoms with E-state index in [0.717, 1.165) is 4.88 Å². The number of thiophene rings is 1. The van der Waals surface area contributed by atoms with Gasteiger partial charge in [-0.15, -0.1) is 11.3 Å². The quantitative estimate of drug-likeness (QED) is 0.901.